The Kier molecular flexibility index (Phi) is 6.86. The summed E-state index contributed by atoms with van der Waals surface area (Å²) < 4.78 is 15.7. The summed E-state index contributed by atoms with van der Waals surface area (Å²) in [6.07, 6.45) is 4.63. The third kappa shape index (κ3) is 5.98. The molecule has 0 aromatic rings. The normalized spacial score (nSPS) is 14.2. The SMILES string of the molecule is C/C=C/CS(=O)OCCC. The first-order valence-corrected chi connectivity index (χ1v) is 4.68. The molecule has 0 aliphatic rings. The van der Waals surface area contributed by atoms with E-state index in [-0.39, 0.29) is 0 Å². The van der Waals surface area contributed by atoms with Crippen LogP contribution in [0.4, 0.5) is 0 Å². The average Bonchev–Trinajstić information content (AvgIpc) is 1.97. The van der Waals surface area contributed by atoms with Gasteiger partial charge in [0.15, 0.2) is 11.1 Å². The third-order valence-corrected chi connectivity index (χ3v) is 1.78. The zero-order chi connectivity index (χ0) is 7.82. The molecule has 1 atom stereocenters. The average molecular weight is 162 g/mol. The van der Waals surface area contributed by atoms with Crippen molar-refractivity contribution in [1.82, 2.24) is 0 Å². The van der Waals surface area contributed by atoms with E-state index in [4.69, 9.17) is 4.18 Å². The molecule has 3 heteroatoms. The van der Waals surface area contributed by atoms with Gasteiger partial charge in [-0.15, -0.1) is 0 Å². The molecule has 1 unspecified atom stereocenters. The van der Waals surface area contributed by atoms with Crippen LogP contribution in [0.5, 0.6) is 0 Å². The van der Waals surface area contributed by atoms with E-state index in [1.54, 1.807) is 0 Å². The van der Waals surface area contributed by atoms with Crippen molar-refractivity contribution >= 4 is 11.1 Å². The Morgan fingerprint density at radius 3 is 2.80 bits per heavy atom. The summed E-state index contributed by atoms with van der Waals surface area (Å²) in [7, 11) is 0. The van der Waals surface area contributed by atoms with E-state index in [1.807, 2.05) is 26.0 Å². The molecule has 0 saturated carbocycles. The highest BCUT2D eigenvalue weighted by molar-refractivity contribution is 7.80. The lowest BCUT2D eigenvalue weighted by Gasteiger charge is -1.96. The summed E-state index contributed by atoms with van der Waals surface area (Å²) in [6, 6.07) is 0. The number of hydrogen-bond donors (Lipinski definition) is 0. The molecule has 0 spiro atoms. The van der Waals surface area contributed by atoms with Gasteiger partial charge in [-0.2, -0.15) is 0 Å². The lowest BCUT2D eigenvalue weighted by atomic mass is 10.5. The summed E-state index contributed by atoms with van der Waals surface area (Å²) in [5, 5.41) is 0. The maximum Gasteiger partial charge on any atom is 0.159 e. The van der Waals surface area contributed by atoms with E-state index >= 15 is 0 Å². The number of hydrogen-bond acceptors (Lipinski definition) is 2. The number of allylic oxidation sites excluding steroid dienone is 1. The zero-order valence-electron chi connectivity index (χ0n) is 6.50. The molecular formula is C7H14O2S. The molecule has 0 aliphatic carbocycles. The van der Waals surface area contributed by atoms with Gasteiger partial charge in [0.25, 0.3) is 0 Å². The van der Waals surface area contributed by atoms with Gasteiger partial charge in [-0.3, -0.25) is 4.18 Å². The van der Waals surface area contributed by atoms with Gasteiger partial charge in [-0.05, 0) is 13.3 Å². The minimum atomic E-state index is -1.11. The minimum Gasteiger partial charge on any atom is -0.290 e. The molecule has 0 bridgehead atoms. The third-order valence-electron chi connectivity index (χ3n) is 0.887. The van der Waals surface area contributed by atoms with Crippen molar-refractivity contribution in [3.63, 3.8) is 0 Å². The summed E-state index contributed by atoms with van der Waals surface area (Å²) in [5.41, 5.74) is 0. The van der Waals surface area contributed by atoms with Crippen LogP contribution < -0.4 is 0 Å². The quantitative estimate of drug-likeness (QED) is 0.575. The van der Waals surface area contributed by atoms with Gasteiger partial charge in [-0.25, -0.2) is 4.21 Å². The predicted octanol–water partition coefficient (Wildman–Crippen LogP) is 1.65. The first-order chi connectivity index (χ1) is 4.81. The second-order valence-electron chi connectivity index (χ2n) is 1.86. The smallest absolute Gasteiger partial charge is 0.159 e. The number of rotatable bonds is 5. The highest BCUT2D eigenvalue weighted by Crippen LogP contribution is 1.88. The van der Waals surface area contributed by atoms with Gasteiger partial charge in [0.2, 0.25) is 0 Å². The molecule has 0 fully saturated rings. The Balaban J connectivity index is 3.25. The Morgan fingerprint density at radius 1 is 1.60 bits per heavy atom. The first-order valence-electron chi connectivity index (χ1n) is 3.44. The van der Waals surface area contributed by atoms with E-state index in [2.05, 4.69) is 0 Å². The maximum atomic E-state index is 10.8. The summed E-state index contributed by atoms with van der Waals surface area (Å²) in [5.74, 6) is 0.510. The highest BCUT2D eigenvalue weighted by atomic mass is 32.2. The van der Waals surface area contributed by atoms with Gasteiger partial charge in [0, 0.05) is 0 Å². The van der Waals surface area contributed by atoms with Crippen LogP contribution >= 0.6 is 0 Å². The molecule has 0 N–H and O–H groups in total. The molecule has 0 saturated heterocycles. The van der Waals surface area contributed by atoms with Crippen LogP contribution in [0.2, 0.25) is 0 Å². The maximum absolute atomic E-state index is 10.8. The van der Waals surface area contributed by atoms with Crippen LogP contribution in [0.1, 0.15) is 20.3 Å². The molecule has 0 aliphatic heterocycles. The van der Waals surface area contributed by atoms with E-state index < -0.39 is 11.1 Å². The fourth-order valence-corrected chi connectivity index (χ4v) is 1.20. The van der Waals surface area contributed by atoms with E-state index in [9.17, 15) is 4.21 Å². The van der Waals surface area contributed by atoms with Crippen molar-refractivity contribution in [2.24, 2.45) is 0 Å². The van der Waals surface area contributed by atoms with Crippen molar-refractivity contribution in [2.75, 3.05) is 12.4 Å². The zero-order valence-corrected chi connectivity index (χ0v) is 7.32. The molecular weight excluding hydrogens is 148 g/mol. The van der Waals surface area contributed by atoms with Gasteiger partial charge in [-0.1, -0.05) is 19.1 Å². The fourth-order valence-electron chi connectivity index (χ4n) is 0.399. The topological polar surface area (TPSA) is 26.3 Å². The van der Waals surface area contributed by atoms with Crippen molar-refractivity contribution < 1.29 is 8.39 Å². The van der Waals surface area contributed by atoms with Crippen LogP contribution in [0.15, 0.2) is 12.2 Å². The predicted molar refractivity (Wildman–Crippen MR) is 44.1 cm³/mol. The van der Waals surface area contributed by atoms with Gasteiger partial charge < -0.3 is 0 Å². The van der Waals surface area contributed by atoms with Gasteiger partial charge in [0.05, 0.1) is 12.4 Å². The molecule has 0 aromatic carbocycles. The van der Waals surface area contributed by atoms with Crippen molar-refractivity contribution in [3.05, 3.63) is 12.2 Å². The van der Waals surface area contributed by atoms with Gasteiger partial charge >= 0.3 is 0 Å². The first kappa shape index (κ1) is 9.85. The molecule has 60 valence electrons. The van der Waals surface area contributed by atoms with Crippen molar-refractivity contribution in [1.29, 1.82) is 0 Å². The monoisotopic (exact) mass is 162 g/mol. The minimum absolute atomic E-state index is 0.510. The Bertz CT molecular complexity index is 121. The summed E-state index contributed by atoms with van der Waals surface area (Å²) in [4.78, 5) is 0. The second kappa shape index (κ2) is 6.96. The van der Waals surface area contributed by atoms with Crippen molar-refractivity contribution in [2.45, 2.75) is 20.3 Å². The van der Waals surface area contributed by atoms with E-state index in [0.29, 0.717) is 12.4 Å². The largest absolute Gasteiger partial charge is 0.290 e. The molecule has 10 heavy (non-hydrogen) atoms. The van der Waals surface area contributed by atoms with Crippen molar-refractivity contribution in [3.8, 4) is 0 Å². The summed E-state index contributed by atoms with van der Waals surface area (Å²) >= 11 is -1.11. The van der Waals surface area contributed by atoms with E-state index in [1.165, 1.54) is 0 Å². The summed E-state index contributed by atoms with van der Waals surface area (Å²) in [6.45, 7) is 4.48. The standard InChI is InChI=1S/C7H14O2S/c1-3-5-7-10(8)9-6-4-2/h3,5H,4,6-7H2,1-2H3/b5-3+. The second-order valence-corrected chi connectivity index (χ2v) is 3.04. The van der Waals surface area contributed by atoms with Crippen LogP contribution in [-0.2, 0) is 15.3 Å². The Labute approximate surface area is 64.9 Å². The van der Waals surface area contributed by atoms with E-state index in [0.717, 1.165) is 6.42 Å². The highest BCUT2D eigenvalue weighted by Gasteiger charge is 1.93. The molecule has 2 nitrogen and oxygen atoms in total. The van der Waals surface area contributed by atoms with Crippen LogP contribution in [-0.4, -0.2) is 16.6 Å². The van der Waals surface area contributed by atoms with Gasteiger partial charge in [0.1, 0.15) is 0 Å². The molecule has 0 heterocycles. The molecule has 0 amide bonds. The fraction of sp³-hybridized carbons (Fsp3) is 0.714. The lowest BCUT2D eigenvalue weighted by molar-refractivity contribution is 0.348. The Morgan fingerprint density at radius 2 is 2.30 bits per heavy atom. The molecule has 0 rings (SSSR count). The lowest BCUT2D eigenvalue weighted by Crippen LogP contribution is -2.00. The van der Waals surface area contributed by atoms with Crippen LogP contribution in [0, 0.1) is 0 Å². The Hall–Kier alpha value is -0.150. The molecule has 0 aromatic heterocycles. The molecule has 0 radical (unpaired) electrons. The van der Waals surface area contributed by atoms with Crippen LogP contribution in [0.3, 0.4) is 0 Å². The van der Waals surface area contributed by atoms with Crippen LogP contribution in [0.25, 0.3) is 0 Å².